The van der Waals surface area contributed by atoms with Crippen molar-refractivity contribution in [3.8, 4) is 11.8 Å². The number of ether oxygens (including phenoxy) is 2. The molecule has 3 unspecified atom stereocenters. The van der Waals surface area contributed by atoms with Crippen LogP contribution in [0.15, 0.2) is 97.1 Å². The van der Waals surface area contributed by atoms with Gasteiger partial charge in [-0.2, -0.15) is 0 Å². The molecule has 5 aromatic rings. The van der Waals surface area contributed by atoms with Crippen molar-refractivity contribution in [2.24, 2.45) is 0 Å². The smallest absolute Gasteiger partial charge is 0.234 e. The van der Waals surface area contributed by atoms with Gasteiger partial charge >= 0.3 is 0 Å². The number of fused-ring (bicyclic) bond motifs is 2. The lowest BCUT2D eigenvalue weighted by molar-refractivity contribution is 0.0537. The molecule has 0 aliphatic carbocycles. The third-order valence-electron chi connectivity index (χ3n) is 9.26. The van der Waals surface area contributed by atoms with E-state index in [1.165, 1.54) is 58.4 Å². The van der Waals surface area contributed by atoms with Gasteiger partial charge in [-0.1, -0.05) is 97.8 Å². The first kappa shape index (κ1) is 27.8. The second-order valence-electron chi connectivity index (χ2n) is 12.0. The van der Waals surface area contributed by atoms with Crippen molar-refractivity contribution in [1.29, 1.82) is 0 Å². The van der Waals surface area contributed by atoms with Gasteiger partial charge in [-0.15, -0.1) is 10.2 Å². The zero-order valence-electron chi connectivity index (χ0n) is 24.9. The first-order valence-corrected chi connectivity index (χ1v) is 15.8. The quantitative estimate of drug-likeness (QED) is 0.206. The minimum atomic E-state index is -0.174. The number of benzene rings is 4. The summed E-state index contributed by atoms with van der Waals surface area (Å²) in [6, 6.07) is 34.3. The summed E-state index contributed by atoms with van der Waals surface area (Å²) in [4.78, 5) is 2.44. The third-order valence-corrected chi connectivity index (χ3v) is 9.26. The van der Waals surface area contributed by atoms with Crippen LogP contribution in [0, 0.1) is 0 Å². The Morgan fingerprint density at radius 1 is 0.651 bits per heavy atom. The molecule has 1 N–H and O–H groups in total. The Hall–Kier alpha value is -4.00. The van der Waals surface area contributed by atoms with E-state index >= 15 is 0 Å². The predicted molar refractivity (Wildman–Crippen MR) is 173 cm³/mol. The lowest BCUT2D eigenvalue weighted by Gasteiger charge is -2.38. The van der Waals surface area contributed by atoms with Gasteiger partial charge in [-0.3, -0.25) is 4.90 Å². The van der Waals surface area contributed by atoms with Crippen molar-refractivity contribution in [3.63, 3.8) is 0 Å². The summed E-state index contributed by atoms with van der Waals surface area (Å²) in [5.74, 6) is 1.02. The van der Waals surface area contributed by atoms with Crippen LogP contribution in [0.1, 0.15) is 61.9 Å². The minimum Gasteiger partial charge on any atom is -0.467 e. The van der Waals surface area contributed by atoms with Crippen LogP contribution < -0.4 is 14.8 Å². The molecule has 2 aliphatic rings. The molecule has 0 radical (unpaired) electrons. The zero-order valence-corrected chi connectivity index (χ0v) is 24.9. The van der Waals surface area contributed by atoms with Crippen molar-refractivity contribution < 1.29 is 9.47 Å². The largest absolute Gasteiger partial charge is 0.467 e. The molecule has 4 aromatic carbocycles. The van der Waals surface area contributed by atoms with Gasteiger partial charge in [-0.25, -0.2) is 0 Å². The summed E-state index contributed by atoms with van der Waals surface area (Å²) < 4.78 is 13.4. The van der Waals surface area contributed by atoms with E-state index in [0.29, 0.717) is 11.8 Å². The Bertz CT molecular complexity index is 1660. The number of nitrogens with zero attached hydrogens (tertiary/aromatic N) is 3. The maximum absolute atomic E-state index is 6.75. The van der Waals surface area contributed by atoms with Crippen LogP contribution in [-0.4, -0.2) is 47.3 Å². The van der Waals surface area contributed by atoms with E-state index in [9.17, 15) is 0 Å². The van der Waals surface area contributed by atoms with E-state index in [1.807, 2.05) is 12.1 Å². The number of piperidine rings is 2. The molecule has 0 spiro atoms. The Balaban J connectivity index is 1.18. The van der Waals surface area contributed by atoms with Crippen molar-refractivity contribution in [1.82, 2.24) is 20.4 Å². The fraction of sp³-hybridized carbons (Fsp3) is 0.351. The fourth-order valence-electron chi connectivity index (χ4n) is 7.02. The van der Waals surface area contributed by atoms with Crippen LogP contribution in [0.3, 0.4) is 0 Å². The van der Waals surface area contributed by atoms with Gasteiger partial charge in [0.15, 0.2) is 0 Å². The van der Waals surface area contributed by atoms with Crippen molar-refractivity contribution in [2.45, 2.75) is 62.8 Å². The molecular formula is C37H40N4O2. The molecule has 1 aromatic heterocycles. The number of likely N-dealkylation sites (N-methyl/N-ethyl adjacent to an activating group) is 1. The third kappa shape index (κ3) is 5.95. The normalized spacial score (nSPS) is 21.0. The monoisotopic (exact) mass is 572 g/mol. The van der Waals surface area contributed by atoms with Crippen LogP contribution in [-0.2, 0) is 0 Å². The molecule has 0 amide bonds. The van der Waals surface area contributed by atoms with Gasteiger partial charge in [0.2, 0.25) is 11.8 Å². The van der Waals surface area contributed by atoms with Crippen molar-refractivity contribution in [3.05, 3.63) is 108 Å². The number of likely N-dealkylation sites (tertiary alicyclic amines) is 1. The molecule has 0 saturated carbocycles. The second kappa shape index (κ2) is 12.7. The number of nitrogens with one attached hydrogen (secondary N) is 1. The van der Waals surface area contributed by atoms with Gasteiger partial charge in [0.1, 0.15) is 12.2 Å². The molecule has 3 heterocycles. The molecule has 43 heavy (non-hydrogen) atoms. The van der Waals surface area contributed by atoms with Gasteiger partial charge < -0.3 is 14.8 Å². The summed E-state index contributed by atoms with van der Waals surface area (Å²) in [5, 5.41) is 17.7. The Morgan fingerprint density at radius 2 is 1.23 bits per heavy atom. The second-order valence-corrected chi connectivity index (χ2v) is 12.0. The standard InChI is InChI=1S/C37H40N4O2/c1-41-25-9-7-21-33(41)37(31-19-11-15-27-13-3-5-17-29(27)31)43-35-23-22-34(39-40-35)42-36(32-20-6-8-24-38-32)30-18-10-14-26-12-2-4-16-28(26)30/h2-5,10-19,22-23,32-33,36-38H,6-9,20-21,24-25H2,1H3/t32?,33?,36-,37?/m1/s1. The molecule has 2 aliphatic heterocycles. The zero-order chi connectivity index (χ0) is 29.0. The Morgan fingerprint density at radius 3 is 1.84 bits per heavy atom. The molecule has 2 fully saturated rings. The van der Waals surface area contributed by atoms with E-state index < -0.39 is 0 Å². The molecule has 6 heteroatoms. The highest BCUT2D eigenvalue weighted by molar-refractivity contribution is 5.87. The Kier molecular flexibility index (Phi) is 8.21. The number of hydrogen-bond acceptors (Lipinski definition) is 6. The molecule has 2 saturated heterocycles. The maximum atomic E-state index is 6.75. The van der Waals surface area contributed by atoms with E-state index in [4.69, 9.17) is 9.47 Å². The van der Waals surface area contributed by atoms with Crippen LogP contribution in [0.4, 0.5) is 0 Å². The van der Waals surface area contributed by atoms with Gasteiger partial charge in [0.05, 0.1) is 6.04 Å². The average Bonchev–Trinajstić information content (AvgIpc) is 3.07. The molecule has 7 rings (SSSR count). The summed E-state index contributed by atoms with van der Waals surface area (Å²) in [7, 11) is 2.21. The SMILES string of the molecule is CN1CCCCC1C(Oc1ccc(O[C@H](c2cccc3ccccc23)C2CCCCN2)nn1)c1cccc2ccccc12. The number of aromatic nitrogens is 2. The highest BCUT2D eigenvalue weighted by atomic mass is 16.5. The first-order valence-electron chi connectivity index (χ1n) is 15.8. The van der Waals surface area contributed by atoms with Crippen LogP contribution in [0.2, 0.25) is 0 Å². The van der Waals surface area contributed by atoms with E-state index in [2.05, 4.69) is 112 Å². The predicted octanol–water partition coefficient (Wildman–Crippen LogP) is 7.65. The van der Waals surface area contributed by atoms with Gasteiger partial charge in [-0.05, 0) is 67.4 Å². The summed E-state index contributed by atoms with van der Waals surface area (Å²) in [6.07, 6.45) is 6.60. The van der Waals surface area contributed by atoms with E-state index in [-0.39, 0.29) is 24.3 Å². The Labute approximate surface area is 254 Å². The van der Waals surface area contributed by atoms with Gasteiger partial charge in [0.25, 0.3) is 0 Å². The van der Waals surface area contributed by atoms with Gasteiger partial charge in [0, 0.05) is 29.3 Å². The van der Waals surface area contributed by atoms with E-state index in [0.717, 1.165) is 25.9 Å². The van der Waals surface area contributed by atoms with Crippen molar-refractivity contribution >= 4 is 21.5 Å². The van der Waals surface area contributed by atoms with Crippen LogP contribution >= 0.6 is 0 Å². The maximum Gasteiger partial charge on any atom is 0.234 e. The highest BCUT2D eigenvalue weighted by Crippen LogP contribution is 2.36. The highest BCUT2D eigenvalue weighted by Gasteiger charge is 2.33. The number of rotatable bonds is 8. The molecule has 0 bridgehead atoms. The molecule has 220 valence electrons. The molecule has 4 atom stereocenters. The molecular weight excluding hydrogens is 532 g/mol. The fourth-order valence-corrected chi connectivity index (χ4v) is 7.02. The molecule has 6 nitrogen and oxygen atoms in total. The first-order chi connectivity index (χ1) is 21.2. The minimum absolute atomic E-state index is 0.160. The van der Waals surface area contributed by atoms with Crippen LogP contribution in [0.5, 0.6) is 11.8 Å². The summed E-state index contributed by atoms with van der Waals surface area (Å²) >= 11 is 0. The average molecular weight is 573 g/mol. The van der Waals surface area contributed by atoms with E-state index in [1.54, 1.807) is 0 Å². The number of hydrogen-bond donors (Lipinski definition) is 1. The lowest BCUT2D eigenvalue weighted by Crippen LogP contribution is -2.42. The topological polar surface area (TPSA) is 59.5 Å². The summed E-state index contributed by atoms with van der Waals surface area (Å²) in [6.45, 7) is 2.07. The van der Waals surface area contributed by atoms with Crippen LogP contribution in [0.25, 0.3) is 21.5 Å². The lowest BCUT2D eigenvalue weighted by atomic mass is 9.90. The van der Waals surface area contributed by atoms with Crippen molar-refractivity contribution in [2.75, 3.05) is 20.1 Å². The summed E-state index contributed by atoms with van der Waals surface area (Å²) in [5.41, 5.74) is 2.37.